The second-order valence-corrected chi connectivity index (χ2v) is 7.34. The molecule has 0 aromatic heterocycles. The topological polar surface area (TPSA) is 9.23 Å². The lowest BCUT2D eigenvalue weighted by molar-refractivity contribution is -0.00185. The van der Waals surface area contributed by atoms with Crippen LogP contribution in [0.25, 0.3) is 0 Å². The number of unbranched alkanes of at least 4 members (excludes halogenated alkanes) is 1. The van der Waals surface area contributed by atoms with Crippen LogP contribution < -0.4 is 0 Å². The molecule has 0 N–H and O–H groups in total. The largest absolute Gasteiger partial charge is 0.378 e. The van der Waals surface area contributed by atoms with E-state index in [1.165, 1.54) is 77.0 Å². The van der Waals surface area contributed by atoms with E-state index >= 15 is 0 Å². The summed E-state index contributed by atoms with van der Waals surface area (Å²) >= 11 is 0. The molecule has 20 heavy (non-hydrogen) atoms. The van der Waals surface area contributed by atoms with Gasteiger partial charge in [-0.2, -0.15) is 0 Å². The molecule has 1 nitrogen and oxygen atoms in total. The van der Waals surface area contributed by atoms with E-state index in [0.717, 1.165) is 24.4 Å². The van der Waals surface area contributed by atoms with Gasteiger partial charge >= 0.3 is 0 Å². The fourth-order valence-corrected chi connectivity index (χ4v) is 4.49. The molecule has 1 heteroatoms. The zero-order chi connectivity index (χ0) is 14.2. The first-order chi connectivity index (χ1) is 9.83. The average molecular weight is 280 g/mol. The van der Waals surface area contributed by atoms with Crippen LogP contribution in [0.4, 0.5) is 0 Å². The molecular formula is C19H36O. The maximum atomic E-state index is 6.03. The molecule has 0 bridgehead atoms. The Morgan fingerprint density at radius 3 is 2.35 bits per heavy atom. The smallest absolute Gasteiger partial charge is 0.0577 e. The maximum Gasteiger partial charge on any atom is 0.0577 e. The molecule has 0 aromatic carbocycles. The van der Waals surface area contributed by atoms with Gasteiger partial charge in [0.15, 0.2) is 0 Å². The van der Waals surface area contributed by atoms with Crippen molar-refractivity contribution in [3.8, 4) is 0 Å². The van der Waals surface area contributed by atoms with Gasteiger partial charge in [-0.3, -0.25) is 0 Å². The summed E-state index contributed by atoms with van der Waals surface area (Å²) in [6, 6.07) is 0. The summed E-state index contributed by atoms with van der Waals surface area (Å²) in [6.07, 6.45) is 17.7. The SMILES string of the molecule is CCCC[C@H]1CC[C@@H]([C@@H]2CCC[C@@H](OCCC)C2)CC1. The van der Waals surface area contributed by atoms with Gasteiger partial charge in [-0.05, 0) is 56.3 Å². The van der Waals surface area contributed by atoms with Crippen LogP contribution in [-0.2, 0) is 4.74 Å². The van der Waals surface area contributed by atoms with Crippen LogP contribution in [0.15, 0.2) is 0 Å². The normalized spacial score (nSPS) is 35.1. The van der Waals surface area contributed by atoms with Gasteiger partial charge < -0.3 is 4.74 Å². The minimum absolute atomic E-state index is 0.589. The highest BCUT2D eigenvalue weighted by atomic mass is 16.5. The van der Waals surface area contributed by atoms with E-state index in [0.29, 0.717) is 6.10 Å². The zero-order valence-corrected chi connectivity index (χ0v) is 13.9. The summed E-state index contributed by atoms with van der Waals surface area (Å²) in [4.78, 5) is 0. The van der Waals surface area contributed by atoms with Gasteiger partial charge in [-0.1, -0.05) is 52.4 Å². The molecule has 0 aliphatic heterocycles. The Labute approximate surface area is 126 Å². The van der Waals surface area contributed by atoms with E-state index in [1.807, 2.05) is 0 Å². The minimum Gasteiger partial charge on any atom is -0.378 e. The third kappa shape index (κ3) is 5.06. The van der Waals surface area contributed by atoms with Gasteiger partial charge in [0.05, 0.1) is 6.10 Å². The first-order valence-corrected chi connectivity index (χ1v) is 9.45. The van der Waals surface area contributed by atoms with Gasteiger partial charge in [0.1, 0.15) is 0 Å². The van der Waals surface area contributed by atoms with Crippen LogP contribution in [0.5, 0.6) is 0 Å². The summed E-state index contributed by atoms with van der Waals surface area (Å²) in [7, 11) is 0. The van der Waals surface area contributed by atoms with Crippen molar-refractivity contribution < 1.29 is 4.74 Å². The van der Waals surface area contributed by atoms with Crippen molar-refractivity contribution in [2.45, 2.75) is 97.0 Å². The fourth-order valence-electron chi connectivity index (χ4n) is 4.49. The molecular weight excluding hydrogens is 244 g/mol. The van der Waals surface area contributed by atoms with Crippen molar-refractivity contribution in [1.82, 2.24) is 0 Å². The Kier molecular flexibility index (Phi) is 7.41. The standard InChI is InChI=1S/C19H36O/c1-3-5-7-16-10-12-17(13-11-16)18-8-6-9-19(15-18)20-14-4-2/h16-19H,3-15H2,1-2H3/t16-,17+,18-,19-/m1/s1. The molecule has 0 radical (unpaired) electrons. The third-order valence-corrected chi connectivity index (χ3v) is 5.75. The Balaban J connectivity index is 1.69. The monoisotopic (exact) mass is 280 g/mol. The highest BCUT2D eigenvalue weighted by molar-refractivity contribution is 4.82. The average Bonchev–Trinajstić information content (AvgIpc) is 2.52. The molecule has 2 aliphatic rings. The van der Waals surface area contributed by atoms with Gasteiger partial charge in [0, 0.05) is 6.61 Å². The van der Waals surface area contributed by atoms with Crippen LogP contribution in [0.3, 0.4) is 0 Å². The van der Waals surface area contributed by atoms with Gasteiger partial charge in [-0.25, -0.2) is 0 Å². The third-order valence-electron chi connectivity index (χ3n) is 5.75. The lowest BCUT2D eigenvalue weighted by Crippen LogP contribution is -2.30. The molecule has 0 saturated heterocycles. The molecule has 118 valence electrons. The Hall–Kier alpha value is -0.0400. The van der Waals surface area contributed by atoms with Gasteiger partial charge in [-0.15, -0.1) is 0 Å². The molecule has 2 rings (SSSR count). The van der Waals surface area contributed by atoms with E-state index in [1.54, 1.807) is 0 Å². The lowest BCUT2D eigenvalue weighted by atomic mass is 9.70. The second-order valence-electron chi connectivity index (χ2n) is 7.34. The Bertz CT molecular complexity index is 242. The fraction of sp³-hybridized carbons (Fsp3) is 1.00. The summed E-state index contributed by atoms with van der Waals surface area (Å²) in [5.74, 6) is 3.07. The summed E-state index contributed by atoms with van der Waals surface area (Å²) in [5, 5.41) is 0. The molecule has 2 atom stereocenters. The molecule has 0 aromatic rings. The van der Waals surface area contributed by atoms with Crippen LogP contribution in [-0.4, -0.2) is 12.7 Å². The number of hydrogen-bond acceptors (Lipinski definition) is 1. The molecule has 2 aliphatic carbocycles. The van der Waals surface area contributed by atoms with Crippen molar-refractivity contribution in [2.75, 3.05) is 6.61 Å². The molecule has 0 heterocycles. The highest BCUT2D eigenvalue weighted by Crippen LogP contribution is 2.41. The summed E-state index contributed by atoms with van der Waals surface area (Å²) < 4.78 is 6.03. The van der Waals surface area contributed by atoms with Crippen LogP contribution in [0, 0.1) is 17.8 Å². The van der Waals surface area contributed by atoms with E-state index < -0.39 is 0 Å². The maximum absolute atomic E-state index is 6.03. The van der Waals surface area contributed by atoms with Crippen LogP contribution in [0.1, 0.15) is 90.9 Å². The Morgan fingerprint density at radius 1 is 0.850 bits per heavy atom. The molecule has 2 fully saturated rings. The zero-order valence-electron chi connectivity index (χ0n) is 13.9. The van der Waals surface area contributed by atoms with Crippen molar-refractivity contribution in [1.29, 1.82) is 0 Å². The van der Waals surface area contributed by atoms with Gasteiger partial charge in [0.2, 0.25) is 0 Å². The Morgan fingerprint density at radius 2 is 1.65 bits per heavy atom. The van der Waals surface area contributed by atoms with Crippen molar-refractivity contribution >= 4 is 0 Å². The van der Waals surface area contributed by atoms with Crippen molar-refractivity contribution in [3.63, 3.8) is 0 Å². The second kappa shape index (κ2) is 9.07. The van der Waals surface area contributed by atoms with E-state index in [2.05, 4.69) is 13.8 Å². The highest BCUT2D eigenvalue weighted by Gasteiger charge is 2.31. The quantitative estimate of drug-likeness (QED) is 0.558. The molecule has 0 unspecified atom stereocenters. The van der Waals surface area contributed by atoms with E-state index in [9.17, 15) is 0 Å². The number of hydrogen-bond donors (Lipinski definition) is 0. The first kappa shape index (κ1) is 16.3. The first-order valence-electron chi connectivity index (χ1n) is 9.45. The van der Waals surface area contributed by atoms with Crippen LogP contribution in [0.2, 0.25) is 0 Å². The minimum atomic E-state index is 0.589. The number of ether oxygens (including phenoxy) is 1. The molecule has 2 saturated carbocycles. The number of rotatable bonds is 7. The summed E-state index contributed by atoms with van der Waals surface area (Å²) in [5.41, 5.74) is 0. The van der Waals surface area contributed by atoms with Crippen molar-refractivity contribution in [2.24, 2.45) is 17.8 Å². The molecule has 0 spiro atoms. The van der Waals surface area contributed by atoms with E-state index in [-0.39, 0.29) is 0 Å². The van der Waals surface area contributed by atoms with Crippen LogP contribution >= 0.6 is 0 Å². The predicted molar refractivity (Wildman–Crippen MR) is 87.0 cm³/mol. The lowest BCUT2D eigenvalue weighted by Gasteiger charge is -2.38. The van der Waals surface area contributed by atoms with Gasteiger partial charge in [0.25, 0.3) is 0 Å². The predicted octanol–water partition coefficient (Wildman–Crippen LogP) is 5.97. The molecule has 0 amide bonds. The van der Waals surface area contributed by atoms with Crippen molar-refractivity contribution in [3.05, 3.63) is 0 Å². The van der Waals surface area contributed by atoms with E-state index in [4.69, 9.17) is 4.74 Å². The summed E-state index contributed by atoms with van der Waals surface area (Å²) in [6.45, 7) is 5.52.